The average Bonchev–Trinajstić information content (AvgIpc) is 3.29. The summed E-state index contributed by atoms with van der Waals surface area (Å²) in [5.74, 6) is -1.29. The third-order valence-corrected chi connectivity index (χ3v) is 12.1. The van der Waals surface area contributed by atoms with Crippen LogP contribution in [0.5, 0.6) is 0 Å². The van der Waals surface area contributed by atoms with Gasteiger partial charge in [0.25, 0.3) is 5.91 Å². The fourth-order valence-corrected chi connectivity index (χ4v) is 9.31. The minimum Gasteiger partial charge on any atom is -0.377 e. The van der Waals surface area contributed by atoms with Gasteiger partial charge in [0, 0.05) is 72.9 Å². The Labute approximate surface area is 337 Å². The van der Waals surface area contributed by atoms with Crippen molar-refractivity contribution in [2.24, 2.45) is 0 Å². The molecular formula is C38H48Cl2N8O6S. The van der Waals surface area contributed by atoms with E-state index in [9.17, 15) is 24.0 Å². The standard InChI is InChI=1S/C38H47ClN8O6S.ClH/c1-23-20-44(21-24(2)45(23)22-34(49)42-26-7-5-25(6-8-26)30-13-14-33(48)43-35(30)50)15-16-53-28-11-9-27(10-12-28)46-37(52)47(36(51)38(46,3)4)54-29-17-31(39)32(18-40)41-19-29;/h5-8,17,19,23-24,27-28,30H,9-16,20-22H2,1-4H3,(H,42,49)(H,43,48,50);1H/t23-,24+,27?,28?,30?;. The van der Waals surface area contributed by atoms with Gasteiger partial charge in [0.05, 0.1) is 30.2 Å². The zero-order valence-electron chi connectivity index (χ0n) is 31.5. The van der Waals surface area contributed by atoms with Crippen LogP contribution in [0.3, 0.4) is 0 Å². The fourth-order valence-electron chi connectivity index (χ4n) is 8.08. The maximum absolute atomic E-state index is 13.6. The number of hydrogen-bond donors (Lipinski definition) is 2. The van der Waals surface area contributed by atoms with Crippen LogP contribution < -0.4 is 10.6 Å². The smallest absolute Gasteiger partial charge is 0.338 e. The van der Waals surface area contributed by atoms with E-state index in [1.807, 2.05) is 18.2 Å². The lowest BCUT2D eigenvalue weighted by molar-refractivity contribution is -0.134. The average molecular weight is 816 g/mol. The molecule has 6 rings (SSSR count). The van der Waals surface area contributed by atoms with Gasteiger partial charge in [0.2, 0.25) is 17.7 Å². The highest BCUT2D eigenvalue weighted by atomic mass is 35.5. The summed E-state index contributed by atoms with van der Waals surface area (Å²) >= 11 is 7.10. The van der Waals surface area contributed by atoms with E-state index in [1.54, 1.807) is 30.9 Å². The highest BCUT2D eigenvalue weighted by Gasteiger charge is 2.54. The number of piperidine rings is 1. The SMILES string of the molecule is C[C@@H]1CN(CCOC2CCC(N3C(=O)N(Sc4cnc(C#N)c(Cl)c4)C(=O)C3(C)C)CC2)C[C@H](C)N1CC(=O)Nc1ccc(C2CCC(=O)NC2=O)cc1.Cl. The molecule has 55 heavy (non-hydrogen) atoms. The van der Waals surface area contributed by atoms with E-state index in [2.05, 4.69) is 39.3 Å². The lowest BCUT2D eigenvalue weighted by Gasteiger charge is -2.44. The first-order chi connectivity index (χ1) is 25.7. The molecule has 0 radical (unpaired) electrons. The molecular weight excluding hydrogens is 767 g/mol. The topological polar surface area (TPSA) is 168 Å². The molecule has 6 amide bonds. The number of nitriles is 1. The molecule has 1 aliphatic carbocycles. The second-order valence-electron chi connectivity index (χ2n) is 15.1. The Morgan fingerprint density at radius 3 is 2.36 bits per heavy atom. The zero-order chi connectivity index (χ0) is 38.7. The third-order valence-electron chi connectivity index (χ3n) is 10.9. The van der Waals surface area contributed by atoms with Gasteiger partial charge in [-0.1, -0.05) is 23.7 Å². The maximum atomic E-state index is 13.6. The molecule has 17 heteroatoms. The number of anilines is 1. The number of imide groups is 2. The minimum absolute atomic E-state index is 0. The maximum Gasteiger partial charge on any atom is 0.338 e. The molecule has 1 aromatic carbocycles. The Bertz CT molecular complexity index is 1810. The Morgan fingerprint density at radius 2 is 1.75 bits per heavy atom. The van der Waals surface area contributed by atoms with Gasteiger partial charge >= 0.3 is 6.03 Å². The molecule has 4 aliphatic rings. The van der Waals surface area contributed by atoms with Crippen LogP contribution >= 0.6 is 36.0 Å². The molecule has 1 saturated carbocycles. The van der Waals surface area contributed by atoms with Gasteiger partial charge < -0.3 is 15.0 Å². The number of rotatable bonds is 11. The number of piperazine rings is 1. The van der Waals surface area contributed by atoms with E-state index in [-0.39, 0.29) is 89.5 Å². The molecule has 1 unspecified atom stereocenters. The Kier molecular flexibility index (Phi) is 13.9. The van der Waals surface area contributed by atoms with Crippen LogP contribution in [0.4, 0.5) is 10.5 Å². The predicted octanol–water partition coefficient (Wildman–Crippen LogP) is 4.96. The second-order valence-corrected chi connectivity index (χ2v) is 16.5. The fraction of sp³-hybridized carbons (Fsp3) is 0.553. The molecule has 14 nitrogen and oxygen atoms in total. The van der Waals surface area contributed by atoms with Crippen molar-refractivity contribution in [3.8, 4) is 6.07 Å². The predicted molar refractivity (Wildman–Crippen MR) is 209 cm³/mol. The number of aromatic nitrogens is 1. The summed E-state index contributed by atoms with van der Waals surface area (Å²) in [4.78, 5) is 74.5. The Balaban J connectivity index is 0.00000580. The lowest BCUT2D eigenvalue weighted by Crippen LogP contribution is -2.58. The Morgan fingerprint density at radius 1 is 1.07 bits per heavy atom. The summed E-state index contributed by atoms with van der Waals surface area (Å²) in [5, 5.41) is 14.6. The van der Waals surface area contributed by atoms with Crippen LogP contribution in [0.25, 0.3) is 0 Å². The highest BCUT2D eigenvalue weighted by Crippen LogP contribution is 2.40. The monoisotopic (exact) mass is 814 g/mol. The van der Waals surface area contributed by atoms with E-state index in [0.29, 0.717) is 30.0 Å². The summed E-state index contributed by atoms with van der Waals surface area (Å²) in [7, 11) is 0. The molecule has 2 N–H and O–H groups in total. The number of nitrogens with zero attached hydrogens (tertiary/aromatic N) is 6. The van der Waals surface area contributed by atoms with Gasteiger partial charge in [0.1, 0.15) is 11.6 Å². The van der Waals surface area contributed by atoms with E-state index in [0.717, 1.165) is 62.8 Å². The zero-order valence-corrected chi connectivity index (χ0v) is 33.8. The molecule has 0 bridgehead atoms. The number of halogens is 2. The molecule has 1 aromatic heterocycles. The number of nitrogens with one attached hydrogen (secondary N) is 2. The van der Waals surface area contributed by atoms with Crippen molar-refractivity contribution in [2.75, 3.05) is 38.1 Å². The molecule has 3 aliphatic heterocycles. The van der Waals surface area contributed by atoms with Crippen molar-refractivity contribution >= 4 is 71.3 Å². The molecule has 4 fully saturated rings. The molecule has 2 aromatic rings. The first kappa shape index (κ1) is 42.4. The van der Waals surface area contributed by atoms with Crippen LogP contribution in [0, 0.1) is 11.3 Å². The van der Waals surface area contributed by atoms with E-state index < -0.39 is 5.54 Å². The van der Waals surface area contributed by atoms with Crippen LogP contribution in [-0.4, -0.2) is 116 Å². The molecule has 4 heterocycles. The van der Waals surface area contributed by atoms with Gasteiger partial charge in [-0.25, -0.2) is 9.78 Å². The summed E-state index contributed by atoms with van der Waals surface area (Å²) in [5.41, 5.74) is 0.561. The van der Waals surface area contributed by atoms with Gasteiger partial charge in [-0.05, 0) is 83.6 Å². The highest BCUT2D eigenvalue weighted by molar-refractivity contribution is 7.98. The van der Waals surface area contributed by atoms with Crippen molar-refractivity contribution in [1.82, 2.24) is 29.3 Å². The van der Waals surface area contributed by atoms with Crippen LogP contribution in [0.2, 0.25) is 5.02 Å². The number of amides is 6. The van der Waals surface area contributed by atoms with Crippen LogP contribution in [-0.2, 0) is 23.9 Å². The number of urea groups is 1. The third kappa shape index (κ3) is 9.61. The van der Waals surface area contributed by atoms with Gasteiger partial charge in [0.15, 0.2) is 5.69 Å². The van der Waals surface area contributed by atoms with Crippen molar-refractivity contribution in [1.29, 1.82) is 5.26 Å². The van der Waals surface area contributed by atoms with Crippen molar-refractivity contribution in [3.63, 3.8) is 0 Å². The van der Waals surface area contributed by atoms with Crippen molar-refractivity contribution < 1.29 is 28.7 Å². The number of pyridine rings is 1. The summed E-state index contributed by atoms with van der Waals surface area (Å²) in [6.45, 7) is 11.1. The second kappa shape index (κ2) is 18.0. The van der Waals surface area contributed by atoms with E-state index in [4.69, 9.17) is 21.6 Å². The van der Waals surface area contributed by atoms with Crippen LogP contribution in [0.15, 0.2) is 41.4 Å². The molecule has 3 saturated heterocycles. The number of hydrogen-bond acceptors (Lipinski definition) is 11. The van der Waals surface area contributed by atoms with E-state index >= 15 is 0 Å². The summed E-state index contributed by atoms with van der Waals surface area (Å²) < 4.78 is 7.50. The lowest BCUT2D eigenvalue weighted by atomic mass is 9.89. The minimum atomic E-state index is -1.01. The molecule has 296 valence electrons. The van der Waals surface area contributed by atoms with Gasteiger partial charge in [-0.15, -0.1) is 12.4 Å². The van der Waals surface area contributed by atoms with Crippen molar-refractivity contribution in [3.05, 3.63) is 52.8 Å². The normalized spacial score (nSPS) is 26.0. The summed E-state index contributed by atoms with van der Waals surface area (Å²) in [6.07, 6.45) is 5.35. The number of ether oxygens (including phenoxy) is 1. The van der Waals surface area contributed by atoms with Gasteiger partial charge in [-0.2, -0.15) is 9.57 Å². The van der Waals surface area contributed by atoms with Gasteiger partial charge in [-0.3, -0.25) is 34.3 Å². The number of carbonyl (C=O) groups is 5. The number of carbonyl (C=O) groups excluding carboxylic acids is 5. The quantitative estimate of drug-likeness (QED) is 0.179. The number of benzene rings is 1. The van der Waals surface area contributed by atoms with E-state index in [1.165, 1.54) is 16.6 Å². The molecule has 3 atom stereocenters. The molecule has 0 spiro atoms. The first-order valence-corrected chi connectivity index (χ1v) is 19.6. The Hall–Kier alpha value is -3.78. The first-order valence-electron chi connectivity index (χ1n) is 18.5. The largest absolute Gasteiger partial charge is 0.377 e. The van der Waals surface area contributed by atoms with Crippen LogP contribution in [0.1, 0.15) is 83.4 Å². The summed E-state index contributed by atoms with van der Waals surface area (Å²) in [6, 6.07) is 10.6. The van der Waals surface area contributed by atoms with Crippen molar-refractivity contribution in [2.45, 2.75) is 107 Å².